The van der Waals surface area contributed by atoms with Crippen LogP contribution in [0.1, 0.15) is 25.7 Å². The molecule has 0 heterocycles. The number of nitro groups is 1. The molecule has 0 bridgehead atoms. The second kappa shape index (κ2) is 6.33. The Bertz CT molecular complexity index is 506. The van der Waals surface area contributed by atoms with E-state index in [1.54, 1.807) is 6.07 Å². The topological polar surface area (TPSA) is 110 Å². The molecule has 0 aliphatic heterocycles. The average molecular weight is 278 g/mol. The first-order valence-electron chi connectivity index (χ1n) is 6.64. The Morgan fingerprint density at radius 3 is 2.80 bits per heavy atom. The van der Waals surface area contributed by atoms with Gasteiger partial charge in [0.1, 0.15) is 0 Å². The van der Waals surface area contributed by atoms with E-state index in [-0.39, 0.29) is 23.8 Å². The van der Waals surface area contributed by atoms with Crippen molar-refractivity contribution in [1.29, 1.82) is 0 Å². The smallest absolute Gasteiger partial charge is 0.319 e. The van der Waals surface area contributed by atoms with Crippen LogP contribution in [0.4, 0.5) is 16.2 Å². The number of nitrogens with zero attached hydrogens (tertiary/aromatic N) is 1. The third kappa shape index (κ3) is 3.67. The number of hydrogen-bond donors (Lipinski definition) is 3. The summed E-state index contributed by atoms with van der Waals surface area (Å²) in [6, 6.07) is 5.38. The molecule has 0 radical (unpaired) electrons. The van der Waals surface area contributed by atoms with Gasteiger partial charge >= 0.3 is 6.03 Å². The summed E-state index contributed by atoms with van der Waals surface area (Å²) in [6.07, 6.45) is 3.91. The lowest BCUT2D eigenvalue weighted by atomic mass is 9.91. The summed E-state index contributed by atoms with van der Waals surface area (Å²) >= 11 is 0. The van der Waals surface area contributed by atoms with Gasteiger partial charge in [-0.15, -0.1) is 0 Å². The second-order valence-corrected chi connectivity index (χ2v) is 4.96. The van der Waals surface area contributed by atoms with Gasteiger partial charge < -0.3 is 16.4 Å². The zero-order chi connectivity index (χ0) is 14.5. The molecule has 20 heavy (non-hydrogen) atoms. The van der Waals surface area contributed by atoms with E-state index in [0.29, 0.717) is 5.69 Å². The van der Waals surface area contributed by atoms with Crippen molar-refractivity contribution < 1.29 is 9.72 Å². The normalized spacial score (nSPS) is 22.1. The monoisotopic (exact) mass is 278 g/mol. The lowest BCUT2D eigenvalue weighted by Crippen LogP contribution is -2.50. The molecule has 4 N–H and O–H groups in total. The summed E-state index contributed by atoms with van der Waals surface area (Å²) in [5, 5.41) is 16.1. The Hall–Kier alpha value is -2.15. The number of carbonyl (C=O) groups excluding carboxylic acids is 1. The van der Waals surface area contributed by atoms with Crippen LogP contribution in [0.3, 0.4) is 0 Å². The summed E-state index contributed by atoms with van der Waals surface area (Å²) in [4.78, 5) is 22.0. The molecule has 0 saturated heterocycles. The highest BCUT2D eigenvalue weighted by Crippen LogP contribution is 2.18. The molecule has 1 aromatic rings. The molecular weight excluding hydrogens is 260 g/mol. The van der Waals surface area contributed by atoms with Gasteiger partial charge in [-0.25, -0.2) is 4.79 Å². The van der Waals surface area contributed by atoms with Crippen molar-refractivity contribution >= 4 is 17.4 Å². The van der Waals surface area contributed by atoms with Gasteiger partial charge in [0.05, 0.1) is 4.92 Å². The minimum atomic E-state index is -0.500. The number of nitro benzene ring substituents is 1. The largest absolute Gasteiger partial charge is 0.334 e. The number of rotatable bonds is 3. The molecule has 0 aromatic heterocycles. The van der Waals surface area contributed by atoms with Crippen molar-refractivity contribution in [1.82, 2.24) is 5.32 Å². The van der Waals surface area contributed by atoms with Gasteiger partial charge in [-0.05, 0) is 18.9 Å². The van der Waals surface area contributed by atoms with Crippen molar-refractivity contribution in [3.8, 4) is 0 Å². The quantitative estimate of drug-likeness (QED) is 0.580. The molecule has 108 valence electrons. The number of hydrogen-bond acceptors (Lipinski definition) is 4. The van der Waals surface area contributed by atoms with Gasteiger partial charge in [0.15, 0.2) is 0 Å². The van der Waals surface area contributed by atoms with Crippen molar-refractivity contribution in [3.05, 3.63) is 34.4 Å². The van der Waals surface area contributed by atoms with Crippen molar-refractivity contribution in [2.75, 3.05) is 5.32 Å². The van der Waals surface area contributed by atoms with Gasteiger partial charge in [0, 0.05) is 29.9 Å². The summed E-state index contributed by atoms with van der Waals surface area (Å²) < 4.78 is 0. The third-order valence-electron chi connectivity index (χ3n) is 3.45. The van der Waals surface area contributed by atoms with E-state index in [9.17, 15) is 14.9 Å². The van der Waals surface area contributed by atoms with Crippen LogP contribution in [0.5, 0.6) is 0 Å². The van der Waals surface area contributed by atoms with Crippen LogP contribution in [-0.4, -0.2) is 23.0 Å². The van der Waals surface area contributed by atoms with E-state index in [0.717, 1.165) is 25.7 Å². The summed E-state index contributed by atoms with van der Waals surface area (Å²) in [7, 11) is 0. The SMILES string of the molecule is NC1CCCCC1NC(=O)Nc1cccc([N+](=O)[O-])c1. The van der Waals surface area contributed by atoms with Crippen LogP contribution in [0.2, 0.25) is 0 Å². The molecule has 7 nitrogen and oxygen atoms in total. The van der Waals surface area contributed by atoms with Crippen LogP contribution in [-0.2, 0) is 0 Å². The maximum atomic E-state index is 11.9. The van der Waals surface area contributed by atoms with Gasteiger partial charge in [-0.2, -0.15) is 0 Å². The van der Waals surface area contributed by atoms with E-state index in [1.807, 2.05) is 0 Å². The van der Waals surface area contributed by atoms with Crippen molar-refractivity contribution in [3.63, 3.8) is 0 Å². The highest BCUT2D eigenvalue weighted by Gasteiger charge is 2.23. The Balaban J connectivity index is 1.94. The van der Waals surface area contributed by atoms with Crippen LogP contribution in [0.25, 0.3) is 0 Å². The van der Waals surface area contributed by atoms with E-state index < -0.39 is 4.92 Å². The minimum Gasteiger partial charge on any atom is -0.334 e. The molecule has 7 heteroatoms. The fourth-order valence-electron chi connectivity index (χ4n) is 2.37. The number of carbonyl (C=O) groups is 1. The van der Waals surface area contributed by atoms with Crippen LogP contribution in [0, 0.1) is 10.1 Å². The highest BCUT2D eigenvalue weighted by molar-refractivity contribution is 5.89. The predicted octanol–water partition coefficient (Wildman–Crippen LogP) is 1.99. The zero-order valence-corrected chi connectivity index (χ0v) is 11.0. The molecule has 2 unspecified atom stereocenters. The molecule has 1 aliphatic carbocycles. The van der Waals surface area contributed by atoms with Crippen molar-refractivity contribution in [2.45, 2.75) is 37.8 Å². The van der Waals surface area contributed by atoms with Gasteiger partial charge in [-0.1, -0.05) is 18.9 Å². The van der Waals surface area contributed by atoms with Gasteiger partial charge in [0.2, 0.25) is 0 Å². The molecule has 1 fully saturated rings. The molecule has 2 amide bonds. The first kappa shape index (κ1) is 14.3. The first-order chi connectivity index (χ1) is 9.56. The molecule has 1 aromatic carbocycles. The van der Waals surface area contributed by atoms with Gasteiger partial charge in [0.25, 0.3) is 5.69 Å². The number of amides is 2. The fourth-order valence-corrected chi connectivity index (χ4v) is 2.37. The average Bonchev–Trinajstić information content (AvgIpc) is 2.41. The standard InChI is InChI=1S/C13H18N4O3/c14-11-6-1-2-7-12(11)16-13(18)15-9-4-3-5-10(8-9)17(19)20/h3-5,8,11-12H,1-2,6-7,14H2,(H2,15,16,18). The maximum Gasteiger partial charge on any atom is 0.319 e. The van der Waals surface area contributed by atoms with E-state index in [1.165, 1.54) is 18.2 Å². The maximum absolute atomic E-state index is 11.9. The minimum absolute atomic E-state index is 0.0281. The number of non-ortho nitro benzene ring substituents is 1. The van der Waals surface area contributed by atoms with Crippen LogP contribution >= 0.6 is 0 Å². The number of benzene rings is 1. The number of anilines is 1. The van der Waals surface area contributed by atoms with E-state index in [4.69, 9.17) is 5.73 Å². The van der Waals surface area contributed by atoms with Crippen LogP contribution < -0.4 is 16.4 Å². The number of nitrogens with one attached hydrogen (secondary N) is 2. The number of nitrogens with two attached hydrogens (primary N) is 1. The predicted molar refractivity (Wildman–Crippen MR) is 75.5 cm³/mol. The van der Waals surface area contributed by atoms with Crippen LogP contribution in [0.15, 0.2) is 24.3 Å². The second-order valence-electron chi connectivity index (χ2n) is 4.96. The summed E-state index contributed by atoms with van der Waals surface area (Å²) in [6.45, 7) is 0. The third-order valence-corrected chi connectivity index (χ3v) is 3.45. The molecule has 1 aliphatic rings. The van der Waals surface area contributed by atoms with E-state index >= 15 is 0 Å². The zero-order valence-electron chi connectivity index (χ0n) is 11.0. The Kier molecular flexibility index (Phi) is 4.52. The molecular formula is C13H18N4O3. The molecule has 2 rings (SSSR count). The summed E-state index contributed by atoms with van der Waals surface area (Å²) in [5.74, 6) is 0. The number of urea groups is 1. The van der Waals surface area contributed by atoms with Gasteiger partial charge in [-0.3, -0.25) is 10.1 Å². The summed E-state index contributed by atoms with van der Waals surface area (Å²) in [5.41, 5.74) is 6.28. The Morgan fingerprint density at radius 2 is 2.10 bits per heavy atom. The lowest BCUT2D eigenvalue weighted by molar-refractivity contribution is -0.384. The fraction of sp³-hybridized carbons (Fsp3) is 0.462. The first-order valence-corrected chi connectivity index (χ1v) is 6.64. The Labute approximate surface area is 116 Å². The van der Waals surface area contributed by atoms with E-state index in [2.05, 4.69) is 10.6 Å². The molecule has 2 atom stereocenters. The highest BCUT2D eigenvalue weighted by atomic mass is 16.6. The lowest BCUT2D eigenvalue weighted by Gasteiger charge is -2.29. The molecule has 0 spiro atoms. The Morgan fingerprint density at radius 1 is 1.35 bits per heavy atom. The van der Waals surface area contributed by atoms with Crippen molar-refractivity contribution in [2.24, 2.45) is 5.73 Å². The molecule has 1 saturated carbocycles.